The normalized spacial score (nSPS) is 9.38. The van der Waals surface area contributed by atoms with Crippen molar-refractivity contribution in [3.8, 4) is 0 Å². The number of amides is 2. The van der Waals surface area contributed by atoms with E-state index >= 15 is 0 Å². The van der Waals surface area contributed by atoms with Crippen LogP contribution in [0.4, 0.5) is 10.5 Å². The van der Waals surface area contributed by atoms with E-state index in [-0.39, 0.29) is 6.03 Å². The van der Waals surface area contributed by atoms with Crippen molar-refractivity contribution in [3.63, 3.8) is 0 Å². The number of anilines is 1. The van der Waals surface area contributed by atoms with E-state index in [0.29, 0.717) is 6.54 Å². The summed E-state index contributed by atoms with van der Waals surface area (Å²) < 4.78 is 0. The maximum atomic E-state index is 11.1. The van der Waals surface area contributed by atoms with Gasteiger partial charge in [0.05, 0.1) is 0 Å². The maximum absolute atomic E-state index is 11.1. The van der Waals surface area contributed by atoms with E-state index in [2.05, 4.69) is 10.6 Å². The Hall–Kier alpha value is -1.51. The summed E-state index contributed by atoms with van der Waals surface area (Å²) in [5.74, 6) is 0. The highest BCUT2D eigenvalue weighted by atomic mass is 16.2. The molecule has 2 amide bonds. The molecule has 1 aromatic carbocycles. The van der Waals surface area contributed by atoms with Crippen molar-refractivity contribution in [2.75, 3.05) is 11.9 Å². The second-order valence-corrected chi connectivity index (χ2v) is 2.80. The summed E-state index contributed by atoms with van der Waals surface area (Å²) in [7, 11) is 0. The van der Waals surface area contributed by atoms with Crippen molar-refractivity contribution in [2.24, 2.45) is 0 Å². The number of rotatable bonds is 2. The molecule has 0 spiro atoms. The van der Waals surface area contributed by atoms with Crippen LogP contribution in [-0.4, -0.2) is 12.6 Å². The molecule has 0 unspecified atom stereocenters. The molecule has 0 saturated carbocycles. The Morgan fingerprint density at radius 2 is 2.08 bits per heavy atom. The Morgan fingerprint density at radius 1 is 1.38 bits per heavy atom. The molecular weight excluding hydrogens is 164 g/mol. The molecule has 0 bridgehead atoms. The molecule has 0 atom stereocenters. The van der Waals surface area contributed by atoms with Gasteiger partial charge >= 0.3 is 6.03 Å². The Balaban J connectivity index is 2.63. The van der Waals surface area contributed by atoms with Gasteiger partial charge in [0, 0.05) is 12.2 Å². The van der Waals surface area contributed by atoms with E-state index < -0.39 is 0 Å². The summed E-state index contributed by atoms with van der Waals surface area (Å²) in [5.41, 5.74) is 1.92. The molecule has 1 rings (SSSR count). The number of carbonyl (C=O) groups excluding carboxylic acids is 1. The largest absolute Gasteiger partial charge is 0.338 e. The first-order valence-electron chi connectivity index (χ1n) is 4.34. The second kappa shape index (κ2) is 4.50. The van der Waals surface area contributed by atoms with Gasteiger partial charge in [-0.25, -0.2) is 4.79 Å². The summed E-state index contributed by atoms with van der Waals surface area (Å²) in [6.07, 6.45) is 0. The average molecular weight is 178 g/mol. The lowest BCUT2D eigenvalue weighted by atomic mass is 10.2. The first-order valence-corrected chi connectivity index (χ1v) is 4.34. The summed E-state index contributed by atoms with van der Waals surface area (Å²) in [6.45, 7) is 4.48. The van der Waals surface area contributed by atoms with Gasteiger partial charge in [-0.05, 0) is 25.5 Å². The lowest BCUT2D eigenvalue weighted by molar-refractivity contribution is 0.252. The molecular formula is C10H14N2O. The van der Waals surface area contributed by atoms with Crippen molar-refractivity contribution < 1.29 is 4.79 Å². The van der Waals surface area contributed by atoms with Crippen molar-refractivity contribution >= 4 is 11.7 Å². The van der Waals surface area contributed by atoms with Gasteiger partial charge in [-0.2, -0.15) is 0 Å². The minimum absolute atomic E-state index is 0.156. The lowest BCUT2D eigenvalue weighted by Gasteiger charge is -2.07. The van der Waals surface area contributed by atoms with Gasteiger partial charge in [-0.1, -0.05) is 18.2 Å². The molecule has 2 N–H and O–H groups in total. The molecule has 0 radical (unpaired) electrons. The Labute approximate surface area is 78.2 Å². The number of carbonyl (C=O) groups is 1. The number of benzene rings is 1. The minimum atomic E-state index is -0.156. The molecule has 0 saturated heterocycles. The van der Waals surface area contributed by atoms with Crippen molar-refractivity contribution in [2.45, 2.75) is 13.8 Å². The van der Waals surface area contributed by atoms with E-state index in [9.17, 15) is 4.79 Å². The maximum Gasteiger partial charge on any atom is 0.319 e. The molecule has 0 heterocycles. The quantitative estimate of drug-likeness (QED) is 0.715. The predicted molar refractivity (Wildman–Crippen MR) is 53.9 cm³/mol. The standard InChI is InChI=1S/C10H14N2O/c1-3-11-10(13)12-9-7-5-4-6-8(9)2/h4-7H,3H2,1-2H3,(H2,11,12,13). The number of para-hydroxylation sites is 1. The van der Waals surface area contributed by atoms with Gasteiger partial charge in [0.25, 0.3) is 0 Å². The third-order valence-electron chi connectivity index (χ3n) is 1.73. The number of hydrogen-bond donors (Lipinski definition) is 2. The van der Waals surface area contributed by atoms with Crippen LogP contribution in [0.2, 0.25) is 0 Å². The van der Waals surface area contributed by atoms with Crippen LogP contribution in [0.15, 0.2) is 24.3 Å². The molecule has 1 aromatic rings. The van der Waals surface area contributed by atoms with Crippen LogP contribution < -0.4 is 10.6 Å². The molecule has 70 valence electrons. The first-order chi connectivity index (χ1) is 6.24. The lowest BCUT2D eigenvalue weighted by Crippen LogP contribution is -2.28. The topological polar surface area (TPSA) is 41.1 Å². The van der Waals surface area contributed by atoms with E-state index in [1.54, 1.807) is 0 Å². The zero-order valence-electron chi connectivity index (χ0n) is 7.92. The minimum Gasteiger partial charge on any atom is -0.338 e. The van der Waals surface area contributed by atoms with Crippen molar-refractivity contribution in [1.82, 2.24) is 5.32 Å². The highest BCUT2D eigenvalue weighted by Gasteiger charge is 2.00. The van der Waals surface area contributed by atoms with E-state index in [0.717, 1.165) is 11.3 Å². The van der Waals surface area contributed by atoms with Gasteiger partial charge in [-0.3, -0.25) is 0 Å². The number of nitrogens with one attached hydrogen (secondary N) is 2. The summed E-state index contributed by atoms with van der Waals surface area (Å²) >= 11 is 0. The Morgan fingerprint density at radius 3 is 2.69 bits per heavy atom. The highest BCUT2D eigenvalue weighted by molar-refractivity contribution is 5.89. The van der Waals surface area contributed by atoms with Crippen molar-refractivity contribution in [3.05, 3.63) is 29.8 Å². The van der Waals surface area contributed by atoms with Crippen LogP contribution in [0.25, 0.3) is 0 Å². The van der Waals surface area contributed by atoms with Gasteiger partial charge in [0.2, 0.25) is 0 Å². The monoisotopic (exact) mass is 178 g/mol. The van der Waals surface area contributed by atoms with Gasteiger partial charge < -0.3 is 10.6 Å². The smallest absolute Gasteiger partial charge is 0.319 e. The molecule has 3 heteroatoms. The predicted octanol–water partition coefficient (Wildman–Crippen LogP) is 2.14. The zero-order valence-corrected chi connectivity index (χ0v) is 7.92. The average Bonchev–Trinajstić information content (AvgIpc) is 2.09. The van der Waals surface area contributed by atoms with Crippen LogP contribution in [0.1, 0.15) is 12.5 Å². The Bertz CT molecular complexity index is 297. The summed E-state index contributed by atoms with van der Waals surface area (Å²) in [4.78, 5) is 11.1. The molecule has 13 heavy (non-hydrogen) atoms. The van der Waals surface area contributed by atoms with Crippen LogP contribution >= 0.6 is 0 Å². The first kappa shape index (κ1) is 9.58. The fourth-order valence-corrected chi connectivity index (χ4v) is 1.04. The molecule has 0 aliphatic rings. The van der Waals surface area contributed by atoms with E-state index in [1.807, 2.05) is 38.1 Å². The molecule has 0 fully saturated rings. The van der Waals surface area contributed by atoms with Crippen LogP contribution in [0.3, 0.4) is 0 Å². The van der Waals surface area contributed by atoms with Crippen LogP contribution in [0.5, 0.6) is 0 Å². The highest BCUT2D eigenvalue weighted by Crippen LogP contribution is 2.12. The third kappa shape index (κ3) is 2.78. The summed E-state index contributed by atoms with van der Waals surface area (Å²) in [5, 5.41) is 5.43. The van der Waals surface area contributed by atoms with E-state index in [4.69, 9.17) is 0 Å². The molecule has 3 nitrogen and oxygen atoms in total. The second-order valence-electron chi connectivity index (χ2n) is 2.80. The van der Waals surface area contributed by atoms with Crippen molar-refractivity contribution in [1.29, 1.82) is 0 Å². The fraction of sp³-hybridized carbons (Fsp3) is 0.300. The molecule has 0 aromatic heterocycles. The molecule has 0 aliphatic heterocycles. The SMILES string of the molecule is CCNC(=O)Nc1ccccc1C. The van der Waals surface area contributed by atoms with E-state index in [1.165, 1.54) is 0 Å². The molecule has 0 aliphatic carbocycles. The van der Waals surface area contributed by atoms with Gasteiger partial charge in [-0.15, -0.1) is 0 Å². The number of hydrogen-bond acceptors (Lipinski definition) is 1. The Kier molecular flexibility index (Phi) is 3.31. The fourth-order valence-electron chi connectivity index (χ4n) is 1.04. The van der Waals surface area contributed by atoms with Crippen LogP contribution in [0, 0.1) is 6.92 Å². The summed E-state index contributed by atoms with van der Waals surface area (Å²) in [6, 6.07) is 7.52. The van der Waals surface area contributed by atoms with Gasteiger partial charge in [0.1, 0.15) is 0 Å². The van der Waals surface area contributed by atoms with Crippen LogP contribution in [-0.2, 0) is 0 Å². The van der Waals surface area contributed by atoms with Gasteiger partial charge in [0.15, 0.2) is 0 Å². The number of urea groups is 1. The zero-order chi connectivity index (χ0) is 9.68. The third-order valence-corrected chi connectivity index (χ3v) is 1.73. The number of aryl methyl sites for hydroxylation is 1.